The molecular weight excluding hydrogens is 272 g/mol. The first-order chi connectivity index (χ1) is 9.63. The molecule has 1 aromatic rings. The Hall–Kier alpha value is -0.900. The molecule has 1 fully saturated rings. The van der Waals surface area contributed by atoms with Crippen LogP contribution in [-0.4, -0.2) is 54.3 Å². The summed E-state index contributed by atoms with van der Waals surface area (Å²) in [6.45, 7) is 9.06. The maximum absolute atomic E-state index is 12.3. The molecule has 0 N–H and O–H groups in total. The van der Waals surface area contributed by atoms with Crippen molar-refractivity contribution in [2.45, 2.75) is 26.3 Å². The molecule has 0 saturated carbocycles. The van der Waals surface area contributed by atoms with Crippen LogP contribution in [0.5, 0.6) is 0 Å². The number of rotatable bonds is 6. The monoisotopic (exact) mass is 294 g/mol. The summed E-state index contributed by atoms with van der Waals surface area (Å²) in [5, 5.41) is 0.623. The summed E-state index contributed by atoms with van der Waals surface area (Å²) in [6, 6.07) is 7.81. The van der Waals surface area contributed by atoms with Gasteiger partial charge in [-0.15, -0.1) is 0 Å². The average Bonchev–Trinajstić information content (AvgIpc) is 2.88. The Morgan fingerprint density at radius 2 is 2.15 bits per heavy atom. The van der Waals surface area contributed by atoms with E-state index in [1.807, 2.05) is 12.1 Å². The third kappa shape index (κ3) is 3.81. The van der Waals surface area contributed by atoms with Crippen LogP contribution < -0.4 is 0 Å². The van der Waals surface area contributed by atoms with Gasteiger partial charge in [-0.3, -0.25) is 14.6 Å². The van der Waals surface area contributed by atoms with Crippen molar-refractivity contribution in [3.05, 3.63) is 34.9 Å². The standard InChI is InChI=1S/C16H23ClN2O/c1-3-19(4-2)15-8-9-18(11-15)12-16(20)13-6-5-7-14(17)10-13/h5-7,10,15H,3-4,8-9,11-12H2,1-2H3. The third-order valence-corrected chi connectivity index (χ3v) is 4.33. The number of carbonyl (C=O) groups excluding carboxylic acids is 1. The minimum absolute atomic E-state index is 0.160. The van der Waals surface area contributed by atoms with E-state index in [0.29, 0.717) is 23.2 Å². The van der Waals surface area contributed by atoms with Crippen molar-refractivity contribution in [2.24, 2.45) is 0 Å². The zero-order valence-corrected chi connectivity index (χ0v) is 13.1. The van der Waals surface area contributed by atoms with Crippen LogP contribution in [0.15, 0.2) is 24.3 Å². The van der Waals surface area contributed by atoms with Gasteiger partial charge in [0.15, 0.2) is 5.78 Å². The highest BCUT2D eigenvalue weighted by Crippen LogP contribution is 2.17. The smallest absolute Gasteiger partial charge is 0.176 e. The molecule has 0 radical (unpaired) electrons. The fraction of sp³-hybridized carbons (Fsp3) is 0.562. The second kappa shape index (κ2) is 7.21. The van der Waals surface area contributed by atoms with Crippen molar-refractivity contribution in [1.29, 1.82) is 0 Å². The van der Waals surface area contributed by atoms with Crippen molar-refractivity contribution >= 4 is 17.4 Å². The lowest BCUT2D eigenvalue weighted by molar-refractivity contribution is 0.0939. The molecule has 4 heteroatoms. The van der Waals surface area contributed by atoms with Crippen molar-refractivity contribution in [2.75, 3.05) is 32.7 Å². The van der Waals surface area contributed by atoms with Crippen LogP contribution >= 0.6 is 11.6 Å². The summed E-state index contributed by atoms with van der Waals surface area (Å²) in [5.74, 6) is 0.160. The largest absolute Gasteiger partial charge is 0.300 e. The molecule has 0 aromatic heterocycles. The number of carbonyl (C=O) groups is 1. The van der Waals surface area contributed by atoms with E-state index in [4.69, 9.17) is 11.6 Å². The lowest BCUT2D eigenvalue weighted by Crippen LogP contribution is -2.38. The van der Waals surface area contributed by atoms with Gasteiger partial charge in [0.1, 0.15) is 0 Å². The molecule has 20 heavy (non-hydrogen) atoms. The van der Waals surface area contributed by atoms with Crippen LogP contribution in [0, 0.1) is 0 Å². The number of likely N-dealkylation sites (N-methyl/N-ethyl adjacent to an activating group) is 1. The van der Waals surface area contributed by atoms with Gasteiger partial charge in [-0.05, 0) is 31.6 Å². The molecule has 0 bridgehead atoms. The summed E-state index contributed by atoms with van der Waals surface area (Å²) in [7, 11) is 0. The van der Waals surface area contributed by atoms with E-state index in [-0.39, 0.29) is 5.78 Å². The molecule has 1 saturated heterocycles. The molecule has 1 aliphatic heterocycles. The molecule has 1 atom stereocenters. The second-order valence-corrected chi connectivity index (χ2v) is 5.77. The van der Waals surface area contributed by atoms with Gasteiger partial charge in [-0.25, -0.2) is 0 Å². The minimum atomic E-state index is 0.160. The first-order valence-electron chi connectivity index (χ1n) is 7.39. The predicted molar refractivity (Wildman–Crippen MR) is 83.5 cm³/mol. The third-order valence-electron chi connectivity index (χ3n) is 4.09. The number of hydrogen-bond donors (Lipinski definition) is 0. The lowest BCUT2D eigenvalue weighted by Gasteiger charge is -2.26. The second-order valence-electron chi connectivity index (χ2n) is 5.33. The highest BCUT2D eigenvalue weighted by molar-refractivity contribution is 6.31. The molecule has 1 aliphatic rings. The Bertz CT molecular complexity index is 460. The van der Waals surface area contributed by atoms with Gasteiger partial charge in [0, 0.05) is 29.7 Å². The Morgan fingerprint density at radius 1 is 1.40 bits per heavy atom. The fourth-order valence-corrected chi connectivity index (χ4v) is 3.14. The molecule has 110 valence electrons. The summed E-state index contributed by atoms with van der Waals surface area (Å²) < 4.78 is 0. The van der Waals surface area contributed by atoms with Crippen LogP contribution in [0.4, 0.5) is 0 Å². The molecule has 1 aromatic carbocycles. The zero-order chi connectivity index (χ0) is 14.5. The van der Waals surface area contributed by atoms with Crippen LogP contribution in [0.2, 0.25) is 5.02 Å². The SMILES string of the molecule is CCN(CC)C1CCN(CC(=O)c2cccc(Cl)c2)C1. The summed E-state index contributed by atoms with van der Waals surface area (Å²) in [4.78, 5) is 17.0. The van der Waals surface area contributed by atoms with Crippen molar-refractivity contribution in [1.82, 2.24) is 9.80 Å². The molecule has 3 nitrogen and oxygen atoms in total. The van der Waals surface area contributed by atoms with Gasteiger partial charge >= 0.3 is 0 Å². The van der Waals surface area contributed by atoms with Gasteiger partial charge in [0.25, 0.3) is 0 Å². The molecule has 0 aliphatic carbocycles. The number of likely N-dealkylation sites (tertiary alicyclic amines) is 1. The van der Waals surface area contributed by atoms with E-state index in [0.717, 1.165) is 32.6 Å². The maximum Gasteiger partial charge on any atom is 0.176 e. The Kier molecular flexibility index (Phi) is 5.58. The lowest BCUT2D eigenvalue weighted by atomic mass is 10.1. The first kappa shape index (κ1) is 15.5. The van der Waals surface area contributed by atoms with Crippen LogP contribution in [0.1, 0.15) is 30.6 Å². The van der Waals surface area contributed by atoms with Crippen LogP contribution in [-0.2, 0) is 0 Å². The Balaban J connectivity index is 1.90. The van der Waals surface area contributed by atoms with Gasteiger partial charge in [-0.2, -0.15) is 0 Å². The van der Waals surface area contributed by atoms with E-state index >= 15 is 0 Å². The van der Waals surface area contributed by atoms with E-state index < -0.39 is 0 Å². The number of hydrogen-bond acceptors (Lipinski definition) is 3. The van der Waals surface area contributed by atoms with E-state index in [9.17, 15) is 4.79 Å². The maximum atomic E-state index is 12.3. The van der Waals surface area contributed by atoms with E-state index in [1.165, 1.54) is 0 Å². The van der Waals surface area contributed by atoms with Crippen LogP contribution in [0.3, 0.4) is 0 Å². The van der Waals surface area contributed by atoms with E-state index in [1.54, 1.807) is 12.1 Å². The van der Waals surface area contributed by atoms with Crippen molar-refractivity contribution in [3.8, 4) is 0 Å². The number of Topliss-reactive ketones (excluding diaryl/α,β-unsaturated/α-hetero) is 1. The zero-order valence-electron chi connectivity index (χ0n) is 12.3. The highest BCUT2D eigenvalue weighted by Gasteiger charge is 2.27. The van der Waals surface area contributed by atoms with Gasteiger partial charge < -0.3 is 0 Å². The highest BCUT2D eigenvalue weighted by atomic mass is 35.5. The number of nitrogens with zero attached hydrogens (tertiary/aromatic N) is 2. The number of ketones is 1. The summed E-state index contributed by atoms with van der Waals surface area (Å²) in [5.41, 5.74) is 0.712. The molecule has 1 unspecified atom stereocenters. The van der Waals surface area contributed by atoms with Crippen molar-refractivity contribution in [3.63, 3.8) is 0 Å². The Labute approximate surface area is 126 Å². The van der Waals surface area contributed by atoms with Crippen molar-refractivity contribution < 1.29 is 4.79 Å². The van der Waals surface area contributed by atoms with E-state index in [2.05, 4.69) is 23.6 Å². The topological polar surface area (TPSA) is 23.6 Å². The predicted octanol–water partition coefficient (Wildman–Crippen LogP) is 2.94. The molecule has 1 heterocycles. The first-order valence-corrected chi connectivity index (χ1v) is 7.77. The van der Waals surface area contributed by atoms with Gasteiger partial charge in [0.2, 0.25) is 0 Å². The molecular formula is C16H23ClN2O. The van der Waals surface area contributed by atoms with Crippen LogP contribution in [0.25, 0.3) is 0 Å². The quantitative estimate of drug-likeness (QED) is 0.754. The van der Waals surface area contributed by atoms with Gasteiger partial charge in [-0.1, -0.05) is 37.6 Å². The molecule has 0 amide bonds. The fourth-order valence-electron chi connectivity index (χ4n) is 2.95. The summed E-state index contributed by atoms with van der Waals surface area (Å²) in [6.07, 6.45) is 1.16. The number of halogens is 1. The average molecular weight is 295 g/mol. The Morgan fingerprint density at radius 3 is 2.80 bits per heavy atom. The summed E-state index contributed by atoms with van der Waals surface area (Å²) >= 11 is 5.94. The molecule has 0 spiro atoms. The van der Waals surface area contributed by atoms with Gasteiger partial charge in [0.05, 0.1) is 6.54 Å². The number of benzene rings is 1. The molecule has 2 rings (SSSR count). The minimum Gasteiger partial charge on any atom is -0.300 e. The normalized spacial score (nSPS) is 19.7.